The van der Waals surface area contributed by atoms with E-state index in [4.69, 9.17) is 0 Å². The molecule has 148 valence electrons. The van der Waals surface area contributed by atoms with Crippen molar-refractivity contribution in [1.82, 2.24) is 20.8 Å². The topological polar surface area (TPSA) is 104 Å². The molecule has 8 nitrogen and oxygen atoms in total. The number of rotatable bonds is 7. The summed E-state index contributed by atoms with van der Waals surface area (Å²) in [7, 11) is 0. The van der Waals surface area contributed by atoms with Gasteiger partial charge in [-0.05, 0) is 32.6 Å². The summed E-state index contributed by atoms with van der Waals surface area (Å²) in [5.74, 6) is -0.324. The van der Waals surface area contributed by atoms with Crippen molar-refractivity contribution < 1.29 is 14.4 Å². The average molecular weight is 412 g/mol. The molecule has 2 saturated carbocycles. The summed E-state index contributed by atoms with van der Waals surface area (Å²) in [4.78, 5) is 38.0. The maximum atomic E-state index is 12.2. The molecule has 1 aromatic heterocycles. The van der Waals surface area contributed by atoms with E-state index >= 15 is 0 Å². The number of amides is 4. The average Bonchev–Trinajstić information content (AvgIpc) is 3.13. The van der Waals surface area contributed by atoms with Gasteiger partial charge in [0.15, 0.2) is 4.34 Å². The van der Waals surface area contributed by atoms with Gasteiger partial charge in [-0.15, -0.1) is 10.2 Å². The fourth-order valence-corrected chi connectivity index (χ4v) is 5.10. The summed E-state index contributed by atoms with van der Waals surface area (Å²) in [5, 5.41) is 13.6. The molecule has 1 heterocycles. The van der Waals surface area contributed by atoms with Gasteiger partial charge in [0.25, 0.3) is 0 Å². The number of carbonyl (C=O) groups is 3. The molecule has 1 aromatic rings. The monoisotopic (exact) mass is 411 g/mol. The normalized spacial score (nSPS) is 18.1. The first-order chi connectivity index (χ1) is 13.0. The molecule has 4 amide bonds. The molecule has 0 aliphatic heterocycles. The smallest absolute Gasteiger partial charge is 0.321 e. The number of anilines is 1. The number of nitrogens with zero attached hydrogens (tertiary/aromatic N) is 3. The maximum Gasteiger partial charge on any atom is 0.321 e. The van der Waals surface area contributed by atoms with Gasteiger partial charge in [0, 0.05) is 18.5 Å². The van der Waals surface area contributed by atoms with E-state index in [1.165, 1.54) is 23.1 Å². The van der Waals surface area contributed by atoms with Crippen LogP contribution in [0.2, 0.25) is 0 Å². The highest BCUT2D eigenvalue weighted by atomic mass is 32.2. The van der Waals surface area contributed by atoms with Crippen LogP contribution in [0.1, 0.15) is 58.8 Å². The molecule has 1 atom stereocenters. The summed E-state index contributed by atoms with van der Waals surface area (Å²) in [6, 6.07) is -0.0509. The first kappa shape index (κ1) is 20.1. The Kier molecular flexibility index (Phi) is 6.69. The van der Waals surface area contributed by atoms with Crippen LogP contribution in [0.3, 0.4) is 0 Å². The van der Waals surface area contributed by atoms with Gasteiger partial charge in [-0.3, -0.25) is 19.8 Å². The minimum absolute atomic E-state index is 0.0413. The van der Waals surface area contributed by atoms with Gasteiger partial charge in [-0.1, -0.05) is 42.9 Å². The minimum atomic E-state index is -0.489. The van der Waals surface area contributed by atoms with Crippen molar-refractivity contribution in [1.29, 1.82) is 0 Å². The number of hydrogen-bond donors (Lipinski definition) is 2. The third kappa shape index (κ3) is 5.41. The van der Waals surface area contributed by atoms with Crippen LogP contribution in [0.4, 0.5) is 9.93 Å². The summed E-state index contributed by atoms with van der Waals surface area (Å²) in [6.07, 6.45) is 6.56. The standard InChI is InChI=1S/C17H25N5O3S2/c1-3-13(23)22(12-8-9-12)16-20-21-17(27-16)26-10(2)14(24)19-15(25)18-11-6-4-5-7-11/h10-12H,3-9H2,1-2H3,(H2,18,19,24,25)/t10-/m0/s1. The van der Waals surface area contributed by atoms with E-state index in [0.29, 0.717) is 15.9 Å². The van der Waals surface area contributed by atoms with Gasteiger partial charge in [-0.25, -0.2) is 4.79 Å². The van der Waals surface area contributed by atoms with E-state index < -0.39 is 11.3 Å². The molecule has 0 unspecified atom stereocenters. The van der Waals surface area contributed by atoms with Crippen LogP contribution in [0.5, 0.6) is 0 Å². The zero-order valence-electron chi connectivity index (χ0n) is 15.6. The second-order valence-corrected chi connectivity index (χ2v) is 9.45. The van der Waals surface area contributed by atoms with E-state index in [1.807, 2.05) is 6.92 Å². The highest BCUT2D eigenvalue weighted by Crippen LogP contribution is 2.37. The Morgan fingerprint density at radius 1 is 1.22 bits per heavy atom. The van der Waals surface area contributed by atoms with Crippen LogP contribution in [-0.2, 0) is 9.59 Å². The lowest BCUT2D eigenvalue weighted by Gasteiger charge is -2.17. The quantitative estimate of drug-likeness (QED) is 0.528. The molecule has 2 N–H and O–H groups in total. The van der Waals surface area contributed by atoms with E-state index in [-0.39, 0.29) is 23.9 Å². The Balaban J connectivity index is 1.52. The SMILES string of the molecule is CCC(=O)N(c1nnc(S[C@@H](C)C(=O)NC(=O)NC2CCCC2)s1)C1CC1. The zero-order chi connectivity index (χ0) is 19.4. The Morgan fingerprint density at radius 3 is 2.56 bits per heavy atom. The molecule has 0 saturated heterocycles. The zero-order valence-corrected chi connectivity index (χ0v) is 17.2. The number of imide groups is 1. The van der Waals surface area contributed by atoms with Crippen LogP contribution in [0.25, 0.3) is 0 Å². The van der Waals surface area contributed by atoms with Gasteiger partial charge < -0.3 is 5.32 Å². The predicted molar refractivity (Wildman–Crippen MR) is 105 cm³/mol. The molecule has 0 spiro atoms. The highest BCUT2D eigenvalue weighted by Gasteiger charge is 2.35. The summed E-state index contributed by atoms with van der Waals surface area (Å²) >= 11 is 2.55. The lowest BCUT2D eigenvalue weighted by Crippen LogP contribution is -2.45. The van der Waals surface area contributed by atoms with Crippen LogP contribution in [0.15, 0.2) is 4.34 Å². The molecule has 0 bridgehead atoms. The van der Waals surface area contributed by atoms with Crippen molar-refractivity contribution in [2.45, 2.75) is 80.5 Å². The Hall–Kier alpha value is -1.68. The molecule has 2 aliphatic rings. The number of hydrogen-bond acceptors (Lipinski definition) is 7. The number of aromatic nitrogens is 2. The third-order valence-corrected chi connectivity index (χ3v) is 6.77. The molecule has 0 radical (unpaired) electrons. The third-order valence-electron chi connectivity index (χ3n) is 4.66. The van der Waals surface area contributed by atoms with Gasteiger partial charge in [0.2, 0.25) is 16.9 Å². The highest BCUT2D eigenvalue weighted by molar-refractivity contribution is 8.02. The number of carbonyl (C=O) groups excluding carboxylic acids is 3. The molecule has 10 heteroatoms. The summed E-state index contributed by atoms with van der Waals surface area (Å²) in [6.45, 7) is 3.55. The van der Waals surface area contributed by atoms with E-state index in [1.54, 1.807) is 11.8 Å². The lowest BCUT2D eigenvalue weighted by atomic mass is 10.2. The van der Waals surface area contributed by atoms with Crippen molar-refractivity contribution in [2.24, 2.45) is 0 Å². The van der Waals surface area contributed by atoms with Crippen LogP contribution in [0, 0.1) is 0 Å². The second kappa shape index (κ2) is 9.01. The van der Waals surface area contributed by atoms with E-state index in [9.17, 15) is 14.4 Å². The molecular formula is C17H25N5O3S2. The second-order valence-electron chi connectivity index (χ2n) is 6.90. The van der Waals surface area contributed by atoms with Gasteiger partial charge in [0.05, 0.1) is 5.25 Å². The Bertz CT molecular complexity index is 700. The van der Waals surface area contributed by atoms with E-state index in [0.717, 1.165) is 38.5 Å². The van der Waals surface area contributed by atoms with Gasteiger partial charge in [-0.2, -0.15) is 0 Å². The van der Waals surface area contributed by atoms with Crippen molar-refractivity contribution in [3.63, 3.8) is 0 Å². The molecule has 27 heavy (non-hydrogen) atoms. The Labute approximate surface area is 166 Å². The van der Waals surface area contributed by atoms with Crippen LogP contribution in [-0.4, -0.2) is 45.4 Å². The first-order valence-electron chi connectivity index (χ1n) is 9.41. The van der Waals surface area contributed by atoms with Gasteiger partial charge >= 0.3 is 6.03 Å². The number of urea groups is 1. The van der Waals surface area contributed by atoms with Crippen LogP contribution < -0.4 is 15.5 Å². The van der Waals surface area contributed by atoms with Crippen molar-refractivity contribution in [3.05, 3.63) is 0 Å². The van der Waals surface area contributed by atoms with Crippen molar-refractivity contribution in [2.75, 3.05) is 4.90 Å². The summed E-state index contributed by atoms with van der Waals surface area (Å²) in [5.41, 5.74) is 0. The minimum Gasteiger partial charge on any atom is -0.335 e. The molecule has 2 aliphatic carbocycles. The molecular weight excluding hydrogens is 386 g/mol. The first-order valence-corrected chi connectivity index (χ1v) is 11.1. The predicted octanol–water partition coefficient (Wildman–Crippen LogP) is 2.69. The molecule has 3 rings (SSSR count). The fourth-order valence-electron chi connectivity index (χ4n) is 3.03. The molecule has 0 aromatic carbocycles. The largest absolute Gasteiger partial charge is 0.335 e. The lowest BCUT2D eigenvalue weighted by molar-refractivity contribution is -0.119. The number of thioether (sulfide) groups is 1. The van der Waals surface area contributed by atoms with Crippen molar-refractivity contribution in [3.8, 4) is 0 Å². The van der Waals surface area contributed by atoms with Crippen LogP contribution >= 0.6 is 23.1 Å². The maximum absolute atomic E-state index is 12.2. The van der Waals surface area contributed by atoms with Crippen molar-refractivity contribution >= 4 is 46.1 Å². The van der Waals surface area contributed by atoms with Gasteiger partial charge in [0.1, 0.15) is 0 Å². The number of nitrogens with one attached hydrogen (secondary N) is 2. The summed E-state index contributed by atoms with van der Waals surface area (Å²) < 4.78 is 0.610. The fraction of sp³-hybridized carbons (Fsp3) is 0.706. The van der Waals surface area contributed by atoms with E-state index in [2.05, 4.69) is 20.8 Å². The molecule has 2 fully saturated rings. The Morgan fingerprint density at radius 2 is 1.93 bits per heavy atom.